The molecule has 21 heavy (non-hydrogen) atoms. The second-order valence-corrected chi connectivity index (χ2v) is 5.11. The fourth-order valence-electron chi connectivity index (χ4n) is 1.78. The van der Waals surface area contributed by atoms with Gasteiger partial charge in [0.25, 0.3) is 5.91 Å². The van der Waals surface area contributed by atoms with E-state index < -0.39 is 12.0 Å². The van der Waals surface area contributed by atoms with Crippen LogP contribution in [0.5, 0.6) is 0 Å². The Morgan fingerprint density at radius 2 is 1.95 bits per heavy atom. The van der Waals surface area contributed by atoms with Gasteiger partial charge in [0, 0.05) is 12.2 Å². The van der Waals surface area contributed by atoms with Gasteiger partial charge < -0.3 is 15.7 Å². The Bertz CT molecular complexity index is 615. The fourth-order valence-corrected chi connectivity index (χ4v) is 2.02. The van der Waals surface area contributed by atoms with Crippen LogP contribution in [0.15, 0.2) is 48.5 Å². The SMILES string of the molecule is C[C@@H](O)C(=O)Nc1ccc(NCc2ccccc2)c(Cl)c1. The lowest BCUT2D eigenvalue weighted by Gasteiger charge is -2.11. The molecule has 1 amide bonds. The molecule has 5 heteroatoms. The highest BCUT2D eigenvalue weighted by Gasteiger charge is 2.09. The number of carbonyl (C=O) groups is 1. The molecular weight excluding hydrogens is 288 g/mol. The number of carbonyl (C=O) groups excluding carboxylic acids is 1. The molecule has 0 fully saturated rings. The first-order valence-electron chi connectivity index (χ1n) is 6.62. The van der Waals surface area contributed by atoms with Crippen molar-refractivity contribution in [1.82, 2.24) is 0 Å². The number of aliphatic hydroxyl groups excluding tert-OH is 1. The van der Waals surface area contributed by atoms with Gasteiger partial charge in [0.05, 0.1) is 10.7 Å². The van der Waals surface area contributed by atoms with Gasteiger partial charge >= 0.3 is 0 Å². The third-order valence-electron chi connectivity index (χ3n) is 2.94. The summed E-state index contributed by atoms with van der Waals surface area (Å²) >= 11 is 6.18. The highest BCUT2D eigenvalue weighted by atomic mass is 35.5. The van der Waals surface area contributed by atoms with E-state index in [0.717, 1.165) is 11.3 Å². The van der Waals surface area contributed by atoms with E-state index in [1.54, 1.807) is 18.2 Å². The van der Waals surface area contributed by atoms with Gasteiger partial charge in [-0.25, -0.2) is 0 Å². The van der Waals surface area contributed by atoms with Crippen LogP contribution in [0.25, 0.3) is 0 Å². The van der Waals surface area contributed by atoms with Crippen molar-refractivity contribution in [3.05, 3.63) is 59.1 Å². The minimum atomic E-state index is -1.06. The zero-order valence-electron chi connectivity index (χ0n) is 11.6. The normalized spacial score (nSPS) is 11.8. The van der Waals surface area contributed by atoms with Crippen molar-refractivity contribution in [2.24, 2.45) is 0 Å². The molecule has 2 rings (SSSR count). The summed E-state index contributed by atoms with van der Waals surface area (Å²) in [4.78, 5) is 11.4. The first-order chi connectivity index (χ1) is 10.1. The Kier molecular flexibility index (Phi) is 5.20. The first kappa shape index (κ1) is 15.4. The number of amides is 1. The maximum Gasteiger partial charge on any atom is 0.252 e. The number of benzene rings is 2. The quantitative estimate of drug-likeness (QED) is 0.794. The number of nitrogens with one attached hydrogen (secondary N) is 2. The van der Waals surface area contributed by atoms with Gasteiger partial charge in [-0.15, -0.1) is 0 Å². The predicted molar refractivity (Wildman–Crippen MR) is 85.5 cm³/mol. The van der Waals surface area contributed by atoms with Crippen LogP contribution in [0.1, 0.15) is 12.5 Å². The summed E-state index contributed by atoms with van der Waals surface area (Å²) in [5.41, 5.74) is 2.49. The molecule has 3 N–H and O–H groups in total. The molecule has 1 atom stereocenters. The average molecular weight is 305 g/mol. The lowest BCUT2D eigenvalue weighted by atomic mass is 10.2. The third-order valence-corrected chi connectivity index (χ3v) is 3.25. The van der Waals surface area contributed by atoms with Crippen LogP contribution in [0, 0.1) is 0 Å². The average Bonchev–Trinajstić information content (AvgIpc) is 2.47. The molecule has 0 bridgehead atoms. The van der Waals surface area contributed by atoms with Gasteiger partial charge in [0.1, 0.15) is 6.10 Å². The van der Waals surface area contributed by atoms with Gasteiger partial charge in [-0.3, -0.25) is 4.79 Å². The topological polar surface area (TPSA) is 61.4 Å². The van der Waals surface area contributed by atoms with E-state index in [0.29, 0.717) is 17.3 Å². The summed E-state index contributed by atoms with van der Waals surface area (Å²) in [5.74, 6) is -0.462. The minimum absolute atomic E-state index is 0.462. The van der Waals surface area contributed by atoms with Crippen molar-refractivity contribution in [2.45, 2.75) is 19.6 Å². The van der Waals surface area contributed by atoms with Gasteiger partial charge in [-0.2, -0.15) is 0 Å². The molecule has 0 heterocycles. The smallest absolute Gasteiger partial charge is 0.252 e. The van der Waals surface area contributed by atoms with Crippen LogP contribution in [0.3, 0.4) is 0 Å². The van der Waals surface area contributed by atoms with Crippen LogP contribution >= 0.6 is 11.6 Å². The summed E-state index contributed by atoms with van der Waals surface area (Å²) in [6.45, 7) is 2.08. The summed E-state index contributed by atoms with van der Waals surface area (Å²) in [7, 11) is 0. The van der Waals surface area contributed by atoms with E-state index in [1.165, 1.54) is 6.92 Å². The maximum absolute atomic E-state index is 11.4. The molecule has 0 spiro atoms. The van der Waals surface area contributed by atoms with Gasteiger partial charge in [-0.05, 0) is 30.7 Å². The van der Waals surface area contributed by atoms with Gasteiger partial charge in [-0.1, -0.05) is 41.9 Å². The van der Waals surface area contributed by atoms with Crippen LogP contribution in [-0.2, 0) is 11.3 Å². The van der Waals surface area contributed by atoms with Crippen molar-refractivity contribution < 1.29 is 9.90 Å². The predicted octanol–water partition coefficient (Wildman–Crippen LogP) is 3.27. The van der Waals surface area contributed by atoms with Crippen LogP contribution < -0.4 is 10.6 Å². The zero-order chi connectivity index (χ0) is 15.2. The van der Waals surface area contributed by atoms with Gasteiger partial charge in [0.2, 0.25) is 0 Å². The molecule has 0 aliphatic heterocycles. The molecule has 0 unspecified atom stereocenters. The number of halogens is 1. The van der Waals surface area contributed by atoms with E-state index in [1.807, 2.05) is 30.3 Å². The molecule has 4 nitrogen and oxygen atoms in total. The highest BCUT2D eigenvalue weighted by molar-refractivity contribution is 6.33. The first-order valence-corrected chi connectivity index (χ1v) is 7.00. The molecule has 2 aromatic rings. The molecule has 110 valence electrons. The Hall–Kier alpha value is -2.04. The Balaban J connectivity index is 2.01. The summed E-state index contributed by atoms with van der Waals surface area (Å²) in [6.07, 6.45) is -1.06. The van der Waals surface area contributed by atoms with E-state index in [-0.39, 0.29) is 0 Å². The number of rotatable bonds is 5. The molecule has 0 saturated heterocycles. The summed E-state index contributed by atoms with van der Waals surface area (Å²) in [6, 6.07) is 15.2. The van der Waals surface area contributed by atoms with Gasteiger partial charge in [0.15, 0.2) is 0 Å². The second kappa shape index (κ2) is 7.11. The summed E-state index contributed by atoms with van der Waals surface area (Å²) in [5, 5.41) is 15.5. The number of hydrogen-bond donors (Lipinski definition) is 3. The minimum Gasteiger partial charge on any atom is -0.384 e. The van der Waals surface area contributed by atoms with E-state index in [2.05, 4.69) is 10.6 Å². The lowest BCUT2D eigenvalue weighted by Crippen LogP contribution is -2.24. The fraction of sp³-hybridized carbons (Fsp3) is 0.188. The molecule has 0 aliphatic carbocycles. The van der Waals surface area contributed by atoms with Crippen molar-refractivity contribution in [1.29, 1.82) is 0 Å². The van der Waals surface area contributed by atoms with Crippen LogP contribution in [0.4, 0.5) is 11.4 Å². The van der Waals surface area contributed by atoms with Crippen LogP contribution in [0.2, 0.25) is 5.02 Å². The van der Waals surface area contributed by atoms with Crippen molar-refractivity contribution in [3.8, 4) is 0 Å². The Morgan fingerprint density at radius 1 is 1.24 bits per heavy atom. The number of anilines is 2. The van der Waals surface area contributed by atoms with E-state index >= 15 is 0 Å². The van der Waals surface area contributed by atoms with Crippen molar-refractivity contribution in [2.75, 3.05) is 10.6 Å². The molecule has 0 saturated carbocycles. The van der Waals surface area contributed by atoms with Crippen molar-refractivity contribution in [3.63, 3.8) is 0 Å². The molecule has 0 aromatic heterocycles. The molecule has 2 aromatic carbocycles. The second-order valence-electron chi connectivity index (χ2n) is 4.70. The monoisotopic (exact) mass is 304 g/mol. The maximum atomic E-state index is 11.4. The van der Waals surface area contributed by atoms with E-state index in [9.17, 15) is 4.79 Å². The third kappa shape index (κ3) is 4.48. The number of aliphatic hydroxyl groups is 1. The molecular formula is C16H17ClN2O2. The van der Waals surface area contributed by atoms with E-state index in [4.69, 9.17) is 16.7 Å². The summed E-state index contributed by atoms with van der Waals surface area (Å²) < 4.78 is 0. The molecule has 0 aliphatic rings. The Morgan fingerprint density at radius 3 is 2.57 bits per heavy atom. The zero-order valence-corrected chi connectivity index (χ0v) is 12.4. The largest absolute Gasteiger partial charge is 0.384 e. The molecule has 0 radical (unpaired) electrons. The van der Waals surface area contributed by atoms with Crippen LogP contribution in [-0.4, -0.2) is 17.1 Å². The lowest BCUT2D eigenvalue weighted by molar-refractivity contribution is -0.123. The van der Waals surface area contributed by atoms with Crippen molar-refractivity contribution >= 4 is 28.9 Å². The standard InChI is InChI=1S/C16H17ClN2O2/c1-11(20)16(21)19-13-7-8-15(14(17)9-13)18-10-12-5-3-2-4-6-12/h2-9,11,18,20H,10H2,1H3,(H,19,21)/t11-/m1/s1. The Labute approximate surface area is 128 Å². The highest BCUT2D eigenvalue weighted by Crippen LogP contribution is 2.26. The number of hydrogen-bond acceptors (Lipinski definition) is 3.